The molecule has 3 heterocycles. The van der Waals surface area contributed by atoms with Crippen molar-refractivity contribution >= 4 is 22.8 Å². The first kappa shape index (κ1) is 20.3. The van der Waals surface area contributed by atoms with Crippen LogP contribution < -0.4 is 15.7 Å². The molecule has 1 atom stereocenters. The van der Waals surface area contributed by atoms with Crippen LogP contribution in [-0.4, -0.2) is 76.1 Å². The molecule has 1 aliphatic carbocycles. The molecule has 9 nitrogen and oxygen atoms in total. The molecule has 2 amide bonds. The summed E-state index contributed by atoms with van der Waals surface area (Å²) in [5, 5.41) is 2.35. The number of hydrogen-bond donors (Lipinski definition) is 1. The second-order valence-electron chi connectivity index (χ2n) is 9.01. The summed E-state index contributed by atoms with van der Waals surface area (Å²) < 4.78 is 9.37. The quantitative estimate of drug-likeness (QED) is 0.714. The van der Waals surface area contributed by atoms with Gasteiger partial charge in [-0.2, -0.15) is 0 Å². The molecule has 1 aromatic carbocycles. The molecule has 3 aliphatic rings. The van der Waals surface area contributed by atoms with Crippen molar-refractivity contribution in [2.45, 2.75) is 43.9 Å². The van der Waals surface area contributed by atoms with Gasteiger partial charge in [0.2, 0.25) is 11.8 Å². The summed E-state index contributed by atoms with van der Waals surface area (Å²) in [6.45, 7) is 4.42. The molecule has 0 bridgehead atoms. The summed E-state index contributed by atoms with van der Waals surface area (Å²) in [4.78, 5) is 41.8. The number of imidazole rings is 1. The Kier molecular flexibility index (Phi) is 5.10. The number of para-hydroxylation sites is 1. The molecule has 1 N–H and O–H groups in total. The number of imide groups is 1. The van der Waals surface area contributed by atoms with E-state index in [4.69, 9.17) is 4.74 Å². The molecular formula is C22H29N5O4. The highest BCUT2D eigenvalue weighted by atomic mass is 16.5. The summed E-state index contributed by atoms with van der Waals surface area (Å²) in [7, 11) is 3.86. The van der Waals surface area contributed by atoms with Crippen LogP contribution in [0.1, 0.15) is 31.7 Å². The van der Waals surface area contributed by atoms with Crippen LogP contribution in [0.2, 0.25) is 0 Å². The van der Waals surface area contributed by atoms with Gasteiger partial charge in [-0.25, -0.2) is 4.79 Å². The van der Waals surface area contributed by atoms with Gasteiger partial charge >= 0.3 is 5.69 Å². The van der Waals surface area contributed by atoms with Crippen molar-refractivity contribution < 1.29 is 14.3 Å². The largest absolute Gasteiger partial charge is 0.488 e. The Labute approximate surface area is 180 Å². The summed E-state index contributed by atoms with van der Waals surface area (Å²) in [5.74, 6) is -0.0467. The van der Waals surface area contributed by atoms with E-state index < -0.39 is 11.9 Å². The van der Waals surface area contributed by atoms with Crippen LogP contribution in [0.25, 0.3) is 11.0 Å². The first-order valence-corrected chi connectivity index (χ1v) is 11.0. The van der Waals surface area contributed by atoms with Crippen molar-refractivity contribution in [3.63, 3.8) is 0 Å². The Bertz CT molecular complexity index is 1080. The zero-order chi connectivity index (χ0) is 21.7. The fourth-order valence-corrected chi connectivity index (χ4v) is 5.03. The van der Waals surface area contributed by atoms with Gasteiger partial charge in [0, 0.05) is 58.5 Å². The van der Waals surface area contributed by atoms with Gasteiger partial charge in [-0.05, 0) is 25.6 Å². The number of rotatable bonds is 4. The third-order valence-electron chi connectivity index (χ3n) is 7.01. The monoisotopic (exact) mass is 427 g/mol. The number of hydrogen-bond acceptors (Lipinski definition) is 6. The van der Waals surface area contributed by atoms with Gasteiger partial charge in [0.1, 0.15) is 23.4 Å². The Morgan fingerprint density at radius 2 is 1.77 bits per heavy atom. The number of fused-ring (bicyclic) bond motifs is 1. The van der Waals surface area contributed by atoms with E-state index in [9.17, 15) is 14.4 Å². The average Bonchev–Trinajstić information content (AvgIpc) is 2.97. The number of nitrogens with one attached hydrogen (secondary N) is 1. The number of carbonyl (C=O) groups is 2. The number of amides is 2. The van der Waals surface area contributed by atoms with E-state index in [2.05, 4.69) is 22.2 Å². The standard InChI is InChI=1S/C22H29N5O4/c1-24-8-10-26(11-9-24)14-12-15(13-14)31-18-5-3-4-16-20(18)25(2)22(30)27(16)17-6-7-19(28)23-21(17)29/h3-5,14-15,17H,6-13H2,1-2H3,(H,23,28,29)/t14-,15-,17?. The Morgan fingerprint density at radius 3 is 2.48 bits per heavy atom. The highest BCUT2D eigenvalue weighted by Crippen LogP contribution is 2.34. The second kappa shape index (κ2) is 7.80. The van der Waals surface area contributed by atoms with Crippen LogP contribution in [0, 0.1) is 0 Å². The third kappa shape index (κ3) is 3.55. The Hall–Kier alpha value is -2.65. The predicted molar refractivity (Wildman–Crippen MR) is 115 cm³/mol. The minimum atomic E-state index is -0.686. The lowest BCUT2D eigenvalue weighted by molar-refractivity contribution is -0.135. The smallest absolute Gasteiger partial charge is 0.329 e. The SMILES string of the molecule is CN1CCN([C@H]2C[C@H](Oc3cccc4c3n(C)c(=O)n4C3CCC(=O)NC3=O)C2)CC1. The molecule has 0 spiro atoms. The van der Waals surface area contributed by atoms with E-state index in [0.717, 1.165) is 39.0 Å². The first-order valence-electron chi connectivity index (χ1n) is 11.0. The van der Waals surface area contributed by atoms with Crippen molar-refractivity contribution in [2.75, 3.05) is 33.2 Å². The number of likely N-dealkylation sites (N-methyl/N-ethyl adjacent to an activating group) is 1. The number of piperazine rings is 1. The highest BCUT2D eigenvalue weighted by Gasteiger charge is 2.37. The lowest BCUT2D eigenvalue weighted by Crippen LogP contribution is -2.55. The van der Waals surface area contributed by atoms with Crippen LogP contribution in [0.15, 0.2) is 23.0 Å². The highest BCUT2D eigenvalue weighted by molar-refractivity contribution is 6.00. The van der Waals surface area contributed by atoms with Crippen molar-refractivity contribution in [1.29, 1.82) is 0 Å². The van der Waals surface area contributed by atoms with Crippen LogP contribution in [0.5, 0.6) is 5.75 Å². The number of nitrogens with zero attached hydrogens (tertiary/aromatic N) is 4. The maximum absolute atomic E-state index is 13.0. The fourth-order valence-electron chi connectivity index (χ4n) is 5.03. The van der Waals surface area contributed by atoms with E-state index in [1.807, 2.05) is 18.2 Å². The Morgan fingerprint density at radius 1 is 1.03 bits per heavy atom. The normalized spacial score (nSPS) is 27.9. The number of aryl methyl sites for hydroxylation is 1. The van der Waals surface area contributed by atoms with Crippen molar-refractivity contribution in [3.05, 3.63) is 28.7 Å². The van der Waals surface area contributed by atoms with Gasteiger partial charge in [0.05, 0.1) is 5.52 Å². The molecule has 1 aromatic heterocycles. The zero-order valence-electron chi connectivity index (χ0n) is 18.0. The minimum Gasteiger partial charge on any atom is -0.488 e. The summed E-state index contributed by atoms with van der Waals surface area (Å²) in [6.07, 6.45) is 2.66. The predicted octanol–water partition coefficient (Wildman–Crippen LogP) is 0.475. The second-order valence-corrected chi connectivity index (χ2v) is 9.01. The van der Waals surface area contributed by atoms with Gasteiger partial charge < -0.3 is 9.64 Å². The molecule has 2 aromatic rings. The molecular weight excluding hydrogens is 398 g/mol. The van der Waals surface area contributed by atoms with E-state index in [1.54, 1.807) is 11.6 Å². The minimum absolute atomic E-state index is 0.129. The fraction of sp³-hybridized carbons (Fsp3) is 0.591. The van der Waals surface area contributed by atoms with E-state index >= 15 is 0 Å². The number of carbonyl (C=O) groups excluding carboxylic acids is 2. The van der Waals surface area contributed by atoms with Crippen LogP contribution in [-0.2, 0) is 16.6 Å². The molecule has 5 rings (SSSR count). The van der Waals surface area contributed by atoms with Gasteiger partial charge in [-0.1, -0.05) is 6.07 Å². The molecule has 0 radical (unpaired) electrons. The molecule has 2 saturated heterocycles. The van der Waals surface area contributed by atoms with E-state index in [1.165, 1.54) is 4.57 Å². The van der Waals surface area contributed by atoms with Gasteiger partial charge in [0.15, 0.2) is 0 Å². The molecule has 9 heteroatoms. The maximum Gasteiger partial charge on any atom is 0.329 e. The van der Waals surface area contributed by atoms with E-state index in [-0.39, 0.29) is 24.1 Å². The van der Waals surface area contributed by atoms with Crippen LogP contribution >= 0.6 is 0 Å². The molecule has 1 saturated carbocycles. The molecule has 2 aliphatic heterocycles. The number of aromatic nitrogens is 2. The summed E-state index contributed by atoms with van der Waals surface area (Å²) in [5.41, 5.74) is 1.08. The topological polar surface area (TPSA) is 88.8 Å². The van der Waals surface area contributed by atoms with Crippen molar-refractivity contribution in [2.24, 2.45) is 7.05 Å². The first-order chi connectivity index (χ1) is 14.9. The lowest BCUT2D eigenvalue weighted by Gasteiger charge is -2.45. The van der Waals surface area contributed by atoms with Gasteiger partial charge in [0.25, 0.3) is 0 Å². The van der Waals surface area contributed by atoms with Gasteiger partial charge in [-0.3, -0.25) is 28.9 Å². The third-order valence-corrected chi connectivity index (χ3v) is 7.01. The number of ether oxygens (including phenoxy) is 1. The van der Waals surface area contributed by atoms with Crippen LogP contribution in [0.3, 0.4) is 0 Å². The van der Waals surface area contributed by atoms with E-state index in [0.29, 0.717) is 29.2 Å². The Balaban J connectivity index is 1.36. The lowest BCUT2D eigenvalue weighted by atomic mass is 9.87. The summed E-state index contributed by atoms with van der Waals surface area (Å²) >= 11 is 0. The number of piperidine rings is 1. The summed E-state index contributed by atoms with van der Waals surface area (Å²) in [6, 6.07) is 5.46. The molecule has 3 fully saturated rings. The van der Waals surface area contributed by atoms with Crippen molar-refractivity contribution in [1.82, 2.24) is 24.3 Å². The van der Waals surface area contributed by atoms with Crippen LogP contribution in [0.4, 0.5) is 0 Å². The zero-order valence-corrected chi connectivity index (χ0v) is 18.0. The average molecular weight is 428 g/mol. The molecule has 166 valence electrons. The molecule has 31 heavy (non-hydrogen) atoms. The number of benzene rings is 1. The molecule has 1 unspecified atom stereocenters. The van der Waals surface area contributed by atoms with Crippen molar-refractivity contribution in [3.8, 4) is 5.75 Å². The van der Waals surface area contributed by atoms with Gasteiger partial charge in [-0.15, -0.1) is 0 Å². The maximum atomic E-state index is 13.0.